The van der Waals surface area contributed by atoms with Gasteiger partial charge >= 0.3 is 0 Å². The number of likely N-dealkylation sites (N-methyl/N-ethyl adjacent to an activating group) is 1. The van der Waals surface area contributed by atoms with Gasteiger partial charge in [0.1, 0.15) is 5.75 Å². The molecule has 2 heteroatoms. The van der Waals surface area contributed by atoms with Crippen LogP contribution in [0.5, 0.6) is 5.75 Å². The first-order chi connectivity index (χ1) is 9.66. The summed E-state index contributed by atoms with van der Waals surface area (Å²) in [5.74, 6) is 0.700. The standard InChI is InChI=1S/C18H21NO/c1-19(2)17-11-9-13-8-10-15(20)12-16(13)18(17)14-6-4-3-5-7-14/h3-8,10,12,17-18,20H,9,11H2,1-2H3/t17-,18+/m1/s1. The summed E-state index contributed by atoms with van der Waals surface area (Å²) >= 11 is 0. The summed E-state index contributed by atoms with van der Waals surface area (Å²) in [7, 11) is 4.29. The fourth-order valence-corrected chi connectivity index (χ4v) is 3.40. The number of fused-ring (bicyclic) bond motifs is 1. The van der Waals surface area contributed by atoms with Crippen LogP contribution in [0.4, 0.5) is 0 Å². The lowest BCUT2D eigenvalue weighted by atomic mass is 9.75. The molecule has 2 aromatic carbocycles. The molecule has 2 aromatic rings. The maximum absolute atomic E-state index is 9.86. The molecule has 0 spiro atoms. The molecule has 1 aliphatic rings. The highest BCUT2D eigenvalue weighted by Crippen LogP contribution is 2.39. The van der Waals surface area contributed by atoms with Crippen molar-refractivity contribution in [1.29, 1.82) is 0 Å². The number of phenols is 1. The van der Waals surface area contributed by atoms with Gasteiger partial charge in [0.15, 0.2) is 0 Å². The van der Waals surface area contributed by atoms with Crippen LogP contribution in [-0.4, -0.2) is 30.1 Å². The molecule has 2 nitrogen and oxygen atoms in total. The van der Waals surface area contributed by atoms with E-state index in [1.165, 1.54) is 16.7 Å². The number of phenolic OH excluding ortho intramolecular Hbond substituents is 1. The fraction of sp³-hybridized carbons (Fsp3) is 0.333. The summed E-state index contributed by atoms with van der Waals surface area (Å²) in [5.41, 5.74) is 3.98. The van der Waals surface area contributed by atoms with Crippen molar-refractivity contribution in [3.8, 4) is 5.75 Å². The highest BCUT2D eigenvalue weighted by atomic mass is 16.3. The number of hydrogen-bond donors (Lipinski definition) is 1. The van der Waals surface area contributed by atoms with E-state index in [2.05, 4.69) is 55.4 Å². The predicted octanol–water partition coefficient (Wildman–Crippen LogP) is 3.40. The summed E-state index contributed by atoms with van der Waals surface area (Å²) in [4.78, 5) is 2.31. The number of aromatic hydroxyl groups is 1. The predicted molar refractivity (Wildman–Crippen MR) is 82.2 cm³/mol. The van der Waals surface area contributed by atoms with E-state index in [0.29, 0.717) is 17.7 Å². The van der Waals surface area contributed by atoms with E-state index in [9.17, 15) is 5.11 Å². The minimum atomic E-state index is 0.335. The number of nitrogens with zero attached hydrogens (tertiary/aromatic N) is 1. The Morgan fingerprint density at radius 3 is 2.50 bits per heavy atom. The lowest BCUT2D eigenvalue weighted by Gasteiger charge is -2.38. The maximum atomic E-state index is 9.86. The van der Waals surface area contributed by atoms with Gasteiger partial charge < -0.3 is 10.0 Å². The van der Waals surface area contributed by atoms with Gasteiger partial charge in [-0.2, -0.15) is 0 Å². The lowest BCUT2D eigenvalue weighted by molar-refractivity contribution is 0.245. The molecule has 0 fully saturated rings. The summed E-state index contributed by atoms with van der Waals surface area (Å²) in [6, 6.07) is 16.9. The van der Waals surface area contributed by atoms with Crippen molar-refractivity contribution in [1.82, 2.24) is 4.90 Å². The fourth-order valence-electron chi connectivity index (χ4n) is 3.40. The SMILES string of the molecule is CN(C)[C@@H]1CCc2ccc(O)cc2[C@@H]1c1ccccc1. The Kier molecular flexibility index (Phi) is 3.49. The zero-order valence-electron chi connectivity index (χ0n) is 12.1. The molecule has 0 aromatic heterocycles. The normalized spacial score (nSPS) is 21.8. The van der Waals surface area contributed by atoms with Crippen LogP contribution in [0.25, 0.3) is 0 Å². The quantitative estimate of drug-likeness (QED) is 0.901. The van der Waals surface area contributed by atoms with Crippen LogP contribution in [0.2, 0.25) is 0 Å². The molecule has 1 N–H and O–H groups in total. The van der Waals surface area contributed by atoms with Crippen molar-refractivity contribution in [2.75, 3.05) is 14.1 Å². The molecule has 1 aliphatic carbocycles. The van der Waals surface area contributed by atoms with Crippen LogP contribution in [-0.2, 0) is 6.42 Å². The third-order valence-corrected chi connectivity index (χ3v) is 4.38. The van der Waals surface area contributed by atoms with Gasteiger partial charge in [-0.15, -0.1) is 0 Å². The van der Waals surface area contributed by atoms with Gasteiger partial charge in [-0.05, 0) is 55.8 Å². The van der Waals surface area contributed by atoms with Crippen LogP contribution in [0.3, 0.4) is 0 Å². The maximum Gasteiger partial charge on any atom is 0.115 e. The minimum Gasteiger partial charge on any atom is -0.508 e. The van der Waals surface area contributed by atoms with Gasteiger partial charge in [0.2, 0.25) is 0 Å². The lowest BCUT2D eigenvalue weighted by Crippen LogP contribution is -2.38. The molecular formula is C18H21NO. The van der Waals surface area contributed by atoms with Crippen molar-refractivity contribution < 1.29 is 5.11 Å². The molecule has 0 aliphatic heterocycles. The Hall–Kier alpha value is -1.80. The van der Waals surface area contributed by atoms with Crippen molar-refractivity contribution >= 4 is 0 Å². The van der Waals surface area contributed by atoms with E-state index < -0.39 is 0 Å². The van der Waals surface area contributed by atoms with Crippen LogP contribution in [0, 0.1) is 0 Å². The first-order valence-corrected chi connectivity index (χ1v) is 7.20. The van der Waals surface area contributed by atoms with Gasteiger partial charge in [-0.25, -0.2) is 0 Å². The van der Waals surface area contributed by atoms with Crippen LogP contribution in [0.15, 0.2) is 48.5 Å². The molecule has 0 unspecified atom stereocenters. The average Bonchev–Trinajstić information content (AvgIpc) is 2.46. The third-order valence-electron chi connectivity index (χ3n) is 4.38. The molecule has 0 radical (unpaired) electrons. The van der Waals surface area contributed by atoms with Gasteiger partial charge in [0.25, 0.3) is 0 Å². The second kappa shape index (κ2) is 5.29. The first kappa shape index (κ1) is 13.2. The van der Waals surface area contributed by atoms with E-state index in [0.717, 1.165) is 12.8 Å². The molecule has 104 valence electrons. The van der Waals surface area contributed by atoms with Gasteiger partial charge in [-0.3, -0.25) is 0 Å². The van der Waals surface area contributed by atoms with Crippen LogP contribution in [0.1, 0.15) is 29.0 Å². The Labute approximate surface area is 120 Å². The molecule has 3 rings (SSSR count). The Bertz CT molecular complexity index is 592. The molecular weight excluding hydrogens is 246 g/mol. The molecule has 0 saturated carbocycles. The average molecular weight is 267 g/mol. The Morgan fingerprint density at radius 1 is 1.05 bits per heavy atom. The monoisotopic (exact) mass is 267 g/mol. The summed E-state index contributed by atoms with van der Waals surface area (Å²) in [6.45, 7) is 0. The number of aryl methyl sites for hydroxylation is 1. The van der Waals surface area contributed by atoms with E-state index >= 15 is 0 Å². The smallest absolute Gasteiger partial charge is 0.115 e. The second-order valence-electron chi connectivity index (χ2n) is 5.84. The van der Waals surface area contributed by atoms with E-state index in [1.807, 2.05) is 6.07 Å². The molecule has 2 atom stereocenters. The largest absolute Gasteiger partial charge is 0.508 e. The van der Waals surface area contributed by atoms with Gasteiger partial charge in [0, 0.05) is 12.0 Å². The third kappa shape index (κ3) is 2.32. The van der Waals surface area contributed by atoms with E-state index in [4.69, 9.17) is 0 Å². The van der Waals surface area contributed by atoms with Crippen molar-refractivity contribution in [3.05, 3.63) is 65.2 Å². The molecule has 0 bridgehead atoms. The zero-order valence-corrected chi connectivity index (χ0v) is 12.1. The minimum absolute atomic E-state index is 0.335. The topological polar surface area (TPSA) is 23.5 Å². The highest BCUT2D eigenvalue weighted by molar-refractivity contribution is 5.45. The van der Waals surface area contributed by atoms with Gasteiger partial charge in [0.05, 0.1) is 0 Å². The summed E-state index contributed by atoms with van der Waals surface area (Å²) in [5, 5.41) is 9.86. The summed E-state index contributed by atoms with van der Waals surface area (Å²) < 4.78 is 0. The molecule has 0 amide bonds. The molecule has 0 saturated heterocycles. The van der Waals surface area contributed by atoms with Crippen molar-refractivity contribution in [2.24, 2.45) is 0 Å². The zero-order chi connectivity index (χ0) is 14.1. The highest BCUT2D eigenvalue weighted by Gasteiger charge is 2.32. The number of rotatable bonds is 2. The van der Waals surface area contributed by atoms with Crippen LogP contribution < -0.4 is 0 Å². The van der Waals surface area contributed by atoms with E-state index in [1.54, 1.807) is 6.07 Å². The van der Waals surface area contributed by atoms with E-state index in [-0.39, 0.29) is 0 Å². The van der Waals surface area contributed by atoms with Gasteiger partial charge in [-0.1, -0.05) is 36.4 Å². The van der Waals surface area contributed by atoms with Crippen LogP contribution >= 0.6 is 0 Å². The Balaban J connectivity index is 2.13. The number of benzene rings is 2. The molecule has 0 heterocycles. The number of hydrogen-bond acceptors (Lipinski definition) is 2. The molecule has 20 heavy (non-hydrogen) atoms. The Morgan fingerprint density at radius 2 is 1.80 bits per heavy atom. The summed E-state index contributed by atoms with van der Waals surface area (Å²) in [6.07, 6.45) is 2.24. The first-order valence-electron chi connectivity index (χ1n) is 7.20. The second-order valence-corrected chi connectivity index (χ2v) is 5.84. The van der Waals surface area contributed by atoms with Crippen molar-refractivity contribution in [2.45, 2.75) is 24.8 Å². The van der Waals surface area contributed by atoms with Crippen molar-refractivity contribution in [3.63, 3.8) is 0 Å².